The molecule has 32 heavy (non-hydrogen) atoms. The third-order valence-electron chi connectivity index (χ3n) is 5.12. The number of pyridine rings is 1. The van der Waals surface area contributed by atoms with Crippen LogP contribution >= 0.6 is 0 Å². The Hall–Kier alpha value is -3.61. The second-order valence-electron chi connectivity index (χ2n) is 8.80. The number of para-hydroxylation sites is 1. The van der Waals surface area contributed by atoms with Crippen molar-refractivity contribution in [3.05, 3.63) is 54.6 Å². The van der Waals surface area contributed by atoms with Crippen LogP contribution in [0.3, 0.4) is 0 Å². The van der Waals surface area contributed by atoms with Crippen LogP contribution in [-0.4, -0.2) is 32.8 Å². The number of rotatable bonds is 6. The SMILES string of the molecule is CC(C)(C)OC(=O)NCCCCn1c(-c2ccccc2)nc2c(N)nc3ccccc3c21. The third-order valence-corrected chi connectivity index (χ3v) is 5.12. The van der Waals surface area contributed by atoms with Crippen LogP contribution in [0.2, 0.25) is 0 Å². The molecule has 7 heteroatoms. The lowest BCUT2D eigenvalue weighted by molar-refractivity contribution is 0.0527. The van der Waals surface area contributed by atoms with Crippen LogP contribution in [0.15, 0.2) is 54.6 Å². The zero-order valence-corrected chi connectivity index (χ0v) is 18.8. The van der Waals surface area contributed by atoms with Crippen molar-refractivity contribution in [3.8, 4) is 11.4 Å². The second kappa shape index (κ2) is 8.86. The molecule has 4 rings (SSSR count). The smallest absolute Gasteiger partial charge is 0.407 e. The van der Waals surface area contributed by atoms with Gasteiger partial charge in [0.15, 0.2) is 5.82 Å². The van der Waals surface area contributed by atoms with Gasteiger partial charge in [-0.05, 0) is 39.7 Å². The molecule has 0 saturated heterocycles. The molecule has 0 saturated carbocycles. The number of ether oxygens (including phenoxy) is 1. The van der Waals surface area contributed by atoms with Gasteiger partial charge in [-0.3, -0.25) is 0 Å². The quantitative estimate of drug-likeness (QED) is 0.412. The van der Waals surface area contributed by atoms with Crippen molar-refractivity contribution >= 4 is 33.8 Å². The Morgan fingerprint density at radius 1 is 1.03 bits per heavy atom. The molecule has 1 amide bonds. The molecule has 2 heterocycles. The van der Waals surface area contributed by atoms with Crippen molar-refractivity contribution in [1.29, 1.82) is 0 Å². The summed E-state index contributed by atoms with van der Waals surface area (Å²) in [5, 5.41) is 3.85. The number of anilines is 1. The summed E-state index contributed by atoms with van der Waals surface area (Å²) >= 11 is 0. The van der Waals surface area contributed by atoms with Crippen LogP contribution in [0.5, 0.6) is 0 Å². The fraction of sp³-hybridized carbons (Fsp3) is 0.320. The highest BCUT2D eigenvalue weighted by atomic mass is 16.6. The standard InChI is InChI=1S/C25H29N5O2/c1-25(2,3)32-24(31)27-15-9-10-16-30-21-18-13-7-8-14-19(18)28-22(26)20(21)29-23(30)17-11-5-4-6-12-17/h4-8,11-14H,9-10,15-16H2,1-3H3,(H2,26,28)(H,27,31). The summed E-state index contributed by atoms with van der Waals surface area (Å²) in [5.41, 5.74) is 9.38. The van der Waals surface area contributed by atoms with E-state index in [0.717, 1.165) is 52.7 Å². The van der Waals surface area contributed by atoms with E-state index in [0.29, 0.717) is 12.4 Å². The topological polar surface area (TPSA) is 95.1 Å². The molecule has 2 aromatic carbocycles. The number of carbonyl (C=O) groups excluding carboxylic acids is 1. The highest BCUT2D eigenvalue weighted by Gasteiger charge is 2.18. The first-order valence-corrected chi connectivity index (χ1v) is 10.9. The number of nitrogens with one attached hydrogen (secondary N) is 1. The first-order chi connectivity index (χ1) is 15.3. The Morgan fingerprint density at radius 3 is 2.50 bits per heavy atom. The number of hydrogen-bond donors (Lipinski definition) is 2. The van der Waals surface area contributed by atoms with Gasteiger partial charge in [0.2, 0.25) is 0 Å². The first kappa shape index (κ1) is 21.6. The molecule has 3 N–H and O–H groups in total. The Labute approximate surface area is 187 Å². The molecule has 0 unspecified atom stereocenters. The molecule has 7 nitrogen and oxygen atoms in total. The monoisotopic (exact) mass is 431 g/mol. The van der Waals surface area contributed by atoms with Crippen molar-refractivity contribution in [1.82, 2.24) is 19.9 Å². The summed E-state index contributed by atoms with van der Waals surface area (Å²) in [6.07, 6.45) is 1.28. The molecule has 166 valence electrons. The Balaban J connectivity index is 1.61. The molecule has 0 aliphatic heterocycles. The fourth-order valence-electron chi connectivity index (χ4n) is 3.78. The van der Waals surface area contributed by atoms with E-state index < -0.39 is 5.60 Å². The lowest BCUT2D eigenvalue weighted by Gasteiger charge is -2.19. The van der Waals surface area contributed by atoms with E-state index in [1.165, 1.54) is 0 Å². The maximum atomic E-state index is 11.9. The number of nitrogen functional groups attached to an aromatic ring is 1. The number of aryl methyl sites for hydroxylation is 1. The van der Waals surface area contributed by atoms with Gasteiger partial charge in [-0.25, -0.2) is 14.8 Å². The maximum absolute atomic E-state index is 11.9. The molecule has 0 radical (unpaired) electrons. The minimum Gasteiger partial charge on any atom is -0.444 e. The van der Waals surface area contributed by atoms with Gasteiger partial charge in [0.25, 0.3) is 0 Å². The van der Waals surface area contributed by atoms with Gasteiger partial charge in [0.1, 0.15) is 16.9 Å². The maximum Gasteiger partial charge on any atom is 0.407 e. The number of carbonyl (C=O) groups is 1. The van der Waals surface area contributed by atoms with Gasteiger partial charge < -0.3 is 20.4 Å². The number of aromatic nitrogens is 3. The van der Waals surface area contributed by atoms with Crippen LogP contribution in [0, 0.1) is 0 Å². The molecule has 2 aromatic heterocycles. The summed E-state index contributed by atoms with van der Waals surface area (Å²) in [5.74, 6) is 1.30. The van der Waals surface area contributed by atoms with E-state index in [2.05, 4.69) is 20.9 Å². The molecule has 0 atom stereocenters. The van der Waals surface area contributed by atoms with Crippen LogP contribution in [0.1, 0.15) is 33.6 Å². The van der Waals surface area contributed by atoms with E-state index in [4.69, 9.17) is 15.5 Å². The van der Waals surface area contributed by atoms with Crippen molar-refractivity contribution in [2.45, 2.75) is 45.8 Å². The summed E-state index contributed by atoms with van der Waals surface area (Å²) < 4.78 is 7.52. The minimum absolute atomic E-state index is 0.389. The van der Waals surface area contributed by atoms with Crippen molar-refractivity contribution in [2.75, 3.05) is 12.3 Å². The molecule has 0 fully saturated rings. The zero-order valence-electron chi connectivity index (χ0n) is 18.8. The van der Waals surface area contributed by atoms with Gasteiger partial charge in [-0.2, -0.15) is 0 Å². The highest BCUT2D eigenvalue weighted by Crippen LogP contribution is 2.32. The Kier molecular flexibility index (Phi) is 5.99. The number of nitrogens with two attached hydrogens (primary N) is 1. The van der Waals surface area contributed by atoms with E-state index in [9.17, 15) is 4.79 Å². The molecule has 0 aliphatic carbocycles. The number of fused-ring (bicyclic) bond motifs is 3. The van der Waals surface area contributed by atoms with Crippen LogP contribution in [-0.2, 0) is 11.3 Å². The molecular formula is C25H29N5O2. The number of nitrogens with zero attached hydrogens (tertiary/aromatic N) is 3. The van der Waals surface area contributed by atoms with Crippen LogP contribution in [0.25, 0.3) is 33.3 Å². The molecule has 4 aromatic rings. The lowest BCUT2D eigenvalue weighted by atomic mass is 10.1. The van der Waals surface area contributed by atoms with Crippen LogP contribution < -0.4 is 11.1 Å². The van der Waals surface area contributed by atoms with E-state index in [1.54, 1.807) is 0 Å². The molecule has 0 aliphatic rings. The van der Waals surface area contributed by atoms with Gasteiger partial charge >= 0.3 is 6.09 Å². The van der Waals surface area contributed by atoms with Gasteiger partial charge in [0.05, 0.1) is 11.0 Å². The molecular weight excluding hydrogens is 402 g/mol. The summed E-state index contributed by atoms with van der Waals surface area (Å²) in [4.78, 5) is 21.3. The zero-order chi connectivity index (χ0) is 22.7. The highest BCUT2D eigenvalue weighted by molar-refractivity contribution is 6.07. The normalized spacial score (nSPS) is 11.7. The predicted octanol–water partition coefficient (Wildman–Crippen LogP) is 5.14. The number of amides is 1. The average molecular weight is 432 g/mol. The van der Waals surface area contributed by atoms with Crippen LogP contribution in [0.4, 0.5) is 10.6 Å². The van der Waals surface area contributed by atoms with E-state index in [1.807, 2.05) is 69.3 Å². The van der Waals surface area contributed by atoms with Gasteiger partial charge in [-0.15, -0.1) is 0 Å². The summed E-state index contributed by atoms with van der Waals surface area (Å²) in [6, 6.07) is 18.1. The third kappa shape index (κ3) is 4.66. The Bertz CT molecular complexity index is 1240. The average Bonchev–Trinajstić information content (AvgIpc) is 3.13. The summed E-state index contributed by atoms with van der Waals surface area (Å²) in [6.45, 7) is 6.85. The van der Waals surface area contributed by atoms with Gasteiger partial charge in [-0.1, -0.05) is 48.5 Å². The molecule has 0 spiro atoms. The van der Waals surface area contributed by atoms with Crippen molar-refractivity contribution < 1.29 is 9.53 Å². The first-order valence-electron chi connectivity index (χ1n) is 10.9. The predicted molar refractivity (Wildman–Crippen MR) is 128 cm³/mol. The minimum atomic E-state index is -0.501. The van der Waals surface area contributed by atoms with E-state index >= 15 is 0 Å². The van der Waals surface area contributed by atoms with Crippen molar-refractivity contribution in [3.63, 3.8) is 0 Å². The number of benzene rings is 2. The largest absolute Gasteiger partial charge is 0.444 e. The van der Waals surface area contributed by atoms with Gasteiger partial charge in [0, 0.05) is 24.0 Å². The lowest BCUT2D eigenvalue weighted by Crippen LogP contribution is -2.33. The number of hydrogen-bond acceptors (Lipinski definition) is 5. The Morgan fingerprint density at radius 2 is 1.75 bits per heavy atom. The number of unbranched alkanes of at least 4 members (excludes halogenated alkanes) is 1. The fourth-order valence-corrected chi connectivity index (χ4v) is 3.78. The van der Waals surface area contributed by atoms with E-state index in [-0.39, 0.29) is 6.09 Å². The van der Waals surface area contributed by atoms with Crippen molar-refractivity contribution in [2.24, 2.45) is 0 Å². The number of imidazole rings is 1. The number of alkyl carbamates (subject to hydrolysis) is 1. The molecule has 0 bridgehead atoms. The second-order valence-corrected chi connectivity index (χ2v) is 8.80. The summed E-state index contributed by atoms with van der Waals surface area (Å²) in [7, 11) is 0.